The van der Waals surface area contributed by atoms with Crippen LogP contribution in [0.2, 0.25) is 0 Å². The third-order valence-electron chi connectivity index (χ3n) is 2.15. The van der Waals surface area contributed by atoms with E-state index in [9.17, 15) is 0 Å². The molecule has 4 atom stereocenters. The normalized spacial score (nSPS) is 35.7. The molecule has 1 heterocycles. The third-order valence-corrected chi connectivity index (χ3v) is 2.62. The van der Waals surface area contributed by atoms with Gasteiger partial charge in [-0.1, -0.05) is 6.92 Å². The van der Waals surface area contributed by atoms with E-state index in [4.69, 9.17) is 9.47 Å². The van der Waals surface area contributed by atoms with Crippen LogP contribution in [0.5, 0.6) is 0 Å². The van der Waals surface area contributed by atoms with Crippen LogP contribution in [0, 0.1) is 0 Å². The Morgan fingerprint density at radius 1 is 1.67 bits per heavy atom. The van der Waals surface area contributed by atoms with Crippen molar-refractivity contribution < 1.29 is 9.47 Å². The lowest BCUT2D eigenvalue weighted by Gasteiger charge is -2.16. The SMILES string of the molecule is BC1CC(OCCC)C(CP)O1. The zero-order valence-electron chi connectivity index (χ0n) is 7.95. The van der Waals surface area contributed by atoms with Crippen molar-refractivity contribution in [3.63, 3.8) is 0 Å². The van der Waals surface area contributed by atoms with Gasteiger partial charge in [-0.2, -0.15) is 0 Å². The Kier molecular flexibility index (Phi) is 4.56. The quantitative estimate of drug-likeness (QED) is 0.469. The fraction of sp³-hybridized carbons (Fsp3) is 1.00. The van der Waals surface area contributed by atoms with Gasteiger partial charge in [-0.3, -0.25) is 0 Å². The number of rotatable bonds is 4. The summed E-state index contributed by atoms with van der Waals surface area (Å²) < 4.78 is 11.4. The van der Waals surface area contributed by atoms with E-state index in [2.05, 4.69) is 24.0 Å². The first kappa shape index (κ1) is 10.5. The molecule has 0 amide bonds. The smallest absolute Gasteiger partial charge is 0.139 e. The third kappa shape index (κ3) is 2.72. The summed E-state index contributed by atoms with van der Waals surface area (Å²) in [6.45, 7) is 3.00. The van der Waals surface area contributed by atoms with Gasteiger partial charge in [0.25, 0.3) is 0 Å². The molecule has 12 heavy (non-hydrogen) atoms. The van der Waals surface area contributed by atoms with Gasteiger partial charge in [0.15, 0.2) is 0 Å². The summed E-state index contributed by atoms with van der Waals surface area (Å²) in [5.41, 5.74) is 0. The summed E-state index contributed by atoms with van der Waals surface area (Å²) in [5, 5.41) is 0. The summed E-state index contributed by atoms with van der Waals surface area (Å²) in [7, 11) is 4.84. The highest BCUT2D eigenvalue weighted by Gasteiger charge is 2.31. The van der Waals surface area contributed by atoms with Crippen molar-refractivity contribution in [3.8, 4) is 0 Å². The molecule has 4 unspecified atom stereocenters. The van der Waals surface area contributed by atoms with Crippen molar-refractivity contribution in [2.45, 2.75) is 38.0 Å². The average Bonchev–Trinajstić information content (AvgIpc) is 2.42. The molecule has 0 aromatic rings. The maximum Gasteiger partial charge on any atom is 0.139 e. The van der Waals surface area contributed by atoms with Gasteiger partial charge >= 0.3 is 0 Å². The Hall–Kier alpha value is 0.415. The molecule has 1 saturated heterocycles. The number of ether oxygens (including phenoxy) is 2. The van der Waals surface area contributed by atoms with E-state index in [-0.39, 0.29) is 0 Å². The predicted octanol–water partition coefficient (Wildman–Crippen LogP) is 0.405. The molecule has 0 bridgehead atoms. The van der Waals surface area contributed by atoms with E-state index in [1.54, 1.807) is 0 Å². The van der Waals surface area contributed by atoms with Gasteiger partial charge in [0, 0.05) is 12.6 Å². The first-order chi connectivity index (χ1) is 5.77. The van der Waals surface area contributed by atoms with Gasteiger partial charge in [-0.15, -0.1) is 9.24 Å². The predicted molar refractivity (Wildman–Crippen MR) is 56.4 cm³/mol. The van der Waals surface area contributed by atoms with Crippen molar-refractivity contribution in [3.05, 3.63) is 0 Å². The maximum absolute atomic E-state index is 5.69. The van der Waals surface area contributed by atoms with Crippen molar-refractivity contribution in [1.29, 1.82) is 0 Å². The Morgan fingerprint density at radius 2 is 2.42 bits per heavy atom. The van der Waals surface area contributed by atoms with E-state index in [0.29, 0.717) is 18.2 Å². The van der Waals surface area contributed by atoms with E-state index >= 15 is 0 Å². The van der Waals surface area contributed by atoms with Gasteiger partial charge in [-0.25, -0.2) is 0 Å². The molecule has 0 aliphatic carbocycles. The molecule has 0 aromatic carbocycles. The lowest BCUT2D eigenvalue weighted by molar-refractivity contribution is -0.00117. The number of hydrogen-bond donors (Lipinski definition) is 0. The molecule has 70 valence electrons. The minimum atomic E-state index is 0.302. The van der Waals surface area contributed by atoms with Crippen molar-refractivity contribution in [1.82, 2.24) is 0 Å². The molecule has 0 saturated carbocycles. The molecular weight excluding hydrogens is 170 g/mol. The lowest BCUT2D eigenvalue weighted by atomic mass is 9.96. The van der Waals surface area contributed by atoms with Gasteiger partial charge < -0.3 is 9.47 Å². The lowest BCUT2D eigenvalue weighted by Crippen LogP contribution is -2.26. The van der Waals surface area contributed by atoms with Gasteiger partial charge in [0.1, 0.15) is 7.85 Å². The highest BCUT2D eigenvalue weighted by atomic mass is 31.0. The van der Waals surface area contributed by atoms with Crippen LogP contribution in [-0.2, 0) is 9.47 Å². The zero-order valence-corrected chi connectivity index (χ0v) is 9.11. The molecule has 4 heteroatoms. The second-order valence-electron chi connectivity index (χ2n) is 3.37. The van der Waals surface area contributed by atoms with Crippen molar-refractivity contribution in [2.75, 3.05) is 12.8 Å². The van der Waals surface area contributed by atoms with E-state index < -0.39 is 0 Å². The number of hydrogen-bond acceptors (Lipinski definition) is 2. The zero-order chi connectivity index (χ0) is 8.97. The monoisotopic (exact) mass is 188 g/mol. The molecule has 0 spiro atoms. The fourth-order valence-electron chi connectivity index (χ4n) is 1.57. The van der Waals surface area contributed by atoms with Gasteiger partial charge in [0.2, 0.25) is 0 Å². The Balaban J connectivity index is 2.30. The molecule has 2 nitrogen and oxygen atoms in total. The summed E-state index contributed by atoms with van der Waals surface area (Å²) in [6.07, 6.45) is 3.76. The molecule has 0 N–H and O–H groups in total. The van der Waals surface area contributed by atoms with Crippen LogP contribution in [0.25, 0.3) is 0 Å². The van der Waals surface area contributed by atoms with Crippen LogP contribution in [0.4, 0.5) is 0 Å². The van der Waals surface area contributed by atoms with E-state index in [0.717, 1.165) is 25.6 Å². The molecule has 0 radical (unpaired) electrons. The van der Waals surface area contributed by atoms with Crippen molar-refractivity contribution in [2.24, 2.45) is 0 Å². The topological polar surface area (TPSA) is 18.5 Å². The van der Waals surface area contributed by atoms with E-state index in [1.165, 1.54) is 0 Å². The first-order valence-corrected chi connectivity index (χ1v) is 5.56. The van der Waals surface area contributed by atoms with Crippen LogP contribution in [0.1, 0.15) is 19.8 Å². The molecule has 1 fully saturated rings. The minimum Gasteiger partial charge on any atom is -0.381 e. The Labute approximate surface area is 78.0 Å². The van der Waals surface area contributed by atoms with Crippen LogP contribution in [-0.4, -0.2) is 38.8 Å². The minimum absolute atomic E-state index is 0.302. The summed E-state index contributed by atoms with van der Waals surface area (Å²) in [6, 6.07) is 0.373. The van der Waals surface area contributed by atoms with Crippen LogP contribution >= 0.6 is 9.24 Å². The highest BCUT2D eigenvalue weighted by molar-refractivity contribution is 7.16. The highest BCUT2D eigenvalue weighted by Crippen LogP contribution is 2.22. The fourth-order valence-corrected chi connectivity index (χ4v) is 1.99. The van der Waals surface area contributed by atoms with E-state index in [1.807, 2.05) is 0 Å². The largest absolute Gasteiger partial charge is 0.381 e. The summed E-state index contributed by atoms with van der Waals surface area (Å²) in [4.78, 5) is 0. The second kappa shape index (κ2) is 5.21. The second-order valence-corrected chi connectivity index (χ2v) is 3.84. The van der Waals surface area contributed by atoms with Crippen LogP contribution in [0.3, 0.4) is 0 Å². The summed E-state index contributed by atoms with van der Waals surface area (Å²) >= 11 is 0. The molecule has 1 aliphatic rings. The average molecular weight is 188 g/mol. The Bertz CT molecular complexity index is 134. The van der Waals surface area contributed by atoms with Gasteiger partial charge in [-0.05, 0) is 19.0 Å². The molecule has 1 aliphatic heterocycles. The van der Waals surface area contributed by atoms with Gasteiger partial charge in [0.05, 0.1) is 12.2 Å². The summed E-state index contributed by atoms with van der Waals surface area (Å²) in [5.74, 6) is 0. The maximum atomic E-state index is 5.69. The van der Waals surface area contributed by atoms with Crippen LogP contribution < -0.4 is 0 Å². The molecular formula is C8H18BO2P. The molecule has 1 rings (SSSR count). The first-order valence-electron chi connectivity index (χ1n) is 4.75. The molecule has 0 aromatic heterocycles. The van der Waals surface area contributed by atoms with Crippen molar-refractivity contribution >= 4 is 17.1 Å². The van der Waals surface area contributed by atoms with Crippen LogP contribution in [0.15, 0.2) is 0 Å². The Morgan fingerprint density at radius 3 is 3.00 bits per heavy atom. The standard InChI is InChI=1S/C8H18BO2P/c1-2-3-10-6-4-8(9)11-7(6)5-12/h6-8H,2-5,9,12H2,1H3.